The van der Waals surface area contributed by atoms with Crippen LogP contribution in [-0.2, 0) is 9.59 Å². The van der Waals surface area contributed by atoms with Gasteiger partial charge in [-0.1, -0.05) is 35.9 Å². The lowest BCUT2D eigenvalue weighted by atomic mass is 9.64. The van der Waals surface area contributed by atoms with E-state index in [0.29, 0.717) is 19.4 Å². The molecule has 1 aliphatic carbocycles. The Morgan fingerprint density at radius 3 is 2.43 bits per heavy atom. The monoisotopic (exact) mass is 311 g/mol. The summed E-state index contributed by atoms with van der Waals surface area (Å²) in [4.78, 5) is 27.3. The first-order valence-corrected chi connectivity index (χ1v) is 8.42. The Kier molecular flexibility index (Phi) is 3.91. The molecule has 3 rings (SSSR count). The minimum Gasteiger partial charge on any atom is -0.345 e. The topological polar surface area (TPSA) is 37.4 Å². The van der Waals surface area contributed by atoms with E-state index >= 15 is 0 Å². The fourth-order valence-electron chi connectivity index (χ4n) is 4.48. The van der Waals surface area contributed by atoms with Crippen molar-refractivity contribution in [3.8, 4) is 0 Å². The predicted molar refractivity (Wildman–Crippen MR) is 92.0 cm³/mol. The first-order valence-electron chi connectivity index (χ1n) is 8.42. The molecule has 1 aromatic rings. The number of likely N-dealkylation sites (tertiary alicyclic amines) is 1. The number of piperidine rings is 1. The highest BCUT2D eigenvalue weighted by Crippen LogP contribution is 2.51. The number of nitrogens with zero attached hydrogens (tertiary/aromatic N) is 1. The maximum Gasteiger partial charge on any atom is 0.236 e. The average Bonchev–Trinajstić information content (AvgIpc) is 2.86. The molecule has 1 spiro atoms. The van der Waals surface area contributed by atoms with Gasteiger partial charge in [-0.25, -0.2) is 0 Å². The van der Waals surface area contributed by atoms with E-state index in [0.717, 1.165) is 24.0 Å². The first kappa shape index (κ1) is 16.0. The van der Waals surface area contributed by atoms with Gasteiger partial charge in [-0.3, -0.25) is 9.59 Å². The number of Topliss-reactive ketones (excluding diaryl/α,β-unsaturated/α-hetero) is 1. The van der Waals surface area contributed by atoms with E-state index in [2.05, 4.69) is 38.6 Å². The summed E-state index contributed by atoms with van der Waals surface area (Å²) >= 11 is 0. The van der Waals surface area contributed by atoms with Crippen LogP contribution in [0.1, 0.15) is 42.4 Å². The SMILES string of the molecule is C=C(c1cc(C)cc(C)c1)[C@H]1CCN(C)C(=O)[C@@]12CCCC2=O. The summed E-state index contributed by atoms with van der Waals surface area (Å²) in [7, 11) is 1.81. The van der Waals surface area contributed by atoms with Crippen LogP contribution in [0.2, 0.25) is 0 Å². The van der Waals surface area contributed by atoms with Gasteiger partial charge in [-0.15, -0.1) is 0 Å². The molecule has 0 N–H and O–H groups in total. The van der Waals surface area contributed by atoms with Gasteiger partial charge in [-0.05, 0) is 44.2 Å². The summed E-state index contributed by atoms with van der Waals surface area (Å²) in [5.41, 5.74) is 3.54. The molecule has 3 heteroatoms. The Morgan fingerprint density at radius 2 is 1.87 bits per heavy atom. The molecule has 0 bridgehead atoms. The molecule has 0 radical (unpaired) electrons. The van der Waals surface area contributed by atoms with Crippen molar-refractivity contribution >= 4 is 17.3 Å². The first-order chi connectivity index (χ1) is 10.9. The molecule has 1 aliphatic heterocycles. The fraction of sp³-hybridized carbons (Fsp3) is 0.500. The van der Waals surface area contributed by atoms with Crippen molar-refractivity contribution in [1.82, 2.24) is 4.90 Å². The second-order valence-corrected chi connectivity index (χ2v) is 7.22. The van der Waals surface area contributed by atoms with Gasteiger partial charge in [0.25, 0.3) is 0 Å². The molecule has 1 saturated heterocycles. The van der Waals surface area contributed by atoms with Crippen molar-refractivity contribution in [3.63, 3.8) is 0 Å². The Balaban J connectivity index is 2.04. The molecule has 1 aromatic carbocycles. The minimum absolute atomic E-state index is 0.00164. The smallest absolute Gasteiger partial charge is 0.236 e. The summed E-state index contributed by atoms with van der Waals surface area (Å²) < 4.78 is 0. The molecule has 0 unspecified atom stereocenters. The summed E-state index contributed by atoms with van der Waals surface area (Å²) in [6, 6.07) is 6.36. The molecule has 2 aliphatic rings. The number of ketones is 1. The Morgan fingerprint density at radius 1 is 1.22 bits per heavy atom. The van der Waals surface area contributed by atoms with Crippen molar-refractivity contribution in [2.45, 2.75) is 39.5 Å². The number of allylic oxidation sites excluding steroid dienone is 1. The van der Waals surface area contributed by atoms with Crippen LogP contribution in [0.25, 0.3) is 5.57 Å². The van der Waals surface area contributed by atoms with Gasteiger partial charge in [-0.2, -0.15) is 0 Å². The van der Waals surface area contributed by atoms with Gasteiger partial charge in [0.05, 0.1) is 0 Å². The number of carbonyl (C=O) groups excluding carboxylic acids is 2. The van der Waals surface area contributed by atoms with Crippen LogP contribution in [0.5, 0.6) is 0 Å². The third-order valence-corrected chi connectivity index (χ3v) is 5.56. The molecule has 0 aromatic heterocycles. The molecule has 1 saturated carbocycles. The highest BCUT2D eigenvalue weighted by molar-refractivity contribution is 6.09. The highest BCUT2D eigenvalue weighted by Gasteiger charge is 2.57. The predicted octanol–water partition coefficient (Wildman–Crippen LogP) is 3.53. The van der Waals surface area contributed by atoms with Gasteiger partial charge in [0, 0.05) is 25.9 Å². The third-order valence-electron chi connectivity index (χ3n) is 5.56. The zero-order valence-electron chi connectivity index (χ0n) is 14.3. The van der Waals surface area contributed by atoms with Crippen molar-refractivity contribution < 1.29 is 9.59 Å². The molecule has 2 fully saturated rings. The number of rotatable bonds is 2. The van der Waals surface area contributed by atoms with Crippen molar-refractivity contribution in [1.29, 1.82) is 0 Å². The second kappa shape index (κ2) is 5.63. The van der Waals surface area contributed by atoms with Crippen LogP contribution in [-0.4, -0.2) is 30.2 Å². The Labute approximate surface area is 138 Å². The van der Waals surface area contributed by atoms with E-state index in [1.165, 1.54) is 11.1 Å². The van der Waals surface area contributed by atoms with E-state index in [1.54, 1.807) is 4.90 Å². The number of aryl methyl sites for hydroxylation is 2. The standard InChI is InChI=1S/C20H25NO2/c1-13-10-14(2)12-16(11-13)15(3)17-7-9-21(4)19(23)20(17)8-5-6-18(20)22/h10-12,17H,3,5-9H2,1-2,4H3/t17-,20+/m1/s1. The fourth-order valence-corrected chi connectivity index (χ4v) is 4.48. The van der Waals surface area contributed by atoms with Gasteiger partial charge in [0.1, 0.15) is 11.2 Å². The van der Waals surface area contributed by atoms with Gasteiger partial charge in [0.15, 0.2) is 0 Å². The summed E-state index contributed by atoms with van der Waals surface area (Å²) in [5, 5.41) is 0. The van der Waals surface area contributed by atoms with Gasteiger partial charge in [0.2, 0.25) is 5.91 Å². The number of carbonyl (C=O) groups is 2. The van der Waals surface area contributed by atoms with Crippen LogP contribution in [0.15, 0.2) is 24.8 Å². The van der Waals surface area contributed by atoms with E-state index < -0.39 is 5.41 Å². The molecular formula is C20H25NO2. The minimum atomic E-state index is -0.859. The number of benzene rings is 1. The highest BCUT2D eigenvalue weighted by atomic mass is 16.2. The van der Waals surface area contributed by atoms with Crippen LogP contribution in [0, 0.1) is 25.2 Å². The van der Waals surface area contributed by atoms with Crippen LogP contribution < -0.4 is 0 Å². The maximum absolute atomic E-state index is 12.9. The number of hydrogen-bond donors (Lipinski definition) is 0. The molecule has 23 heavy (non-hydrogen) atoms. The lowest BCUT2D eigenvalue weighted by molar-refractivity contribution is -0.153. The number of hydrogen-bond acceptors (Lipinski definition) is 2. The molecular weight excluding hydrogens is 286 g/mol. The molecule has 3 nitrogen and oxygen atoms in total. The zero-order chi connectivity index (χ0) is 16.8. The lowest BCUT2D eigenvalue weighted by Crippen LogP contribution is -2.54. The van der Waals surface area contributed by atoms with Crippen LogP contribution >= 0.6 is 0 Å². The summed E-state index contributed by atoms with van der Waals surface area (Å²) in [5.74, 6) is 0.0498. The largest absolute Gasteiger partial charge is 0.345 e. The summed E-state index contributed by atoms with van der Waals surface area (Å²) in [6.45, 7) is 9.16. The van der Waals surface area contributed by atoms with Crippen LogP contribution in [0.3, 0.4) is 0 Å². The Bertz CT molecular complexity index is 671. The number of amides is 1. The van der Waals surface area contributed by atoms with E-state index in [1.807, 2.05) is 7.05 Å². The van der Waals surface area contributed by atoms with Crippen molar-refractivity contribution in [2.75, 3.05) is 13.6 Å². The van der Waals surface area contributed by atoms with Crippen LogP contribution in [0.4, 0.5) is 0 Å². The van der Waals surface area contributed by atoms with Crippen molar-refractivity contribution in [2.24, 2.45) is 11.3 Å². The molecule has 122 valence electrons. The Hall–Kier alpha value is -1.90. The van der Waals surface area contributed by atoms with E-state index in [9.17, 15) is 9.59 Å². The van der Waals surface area contributed by atoms with E-state index in [4.69, 9.17) is 0 Å². The van der Waals surface area contributed by atoms with Gasteiger partial charge < -0.3 is 4.90 Å². The normalized spacial score (nSPS) is 27.8. The molecule has 1 heterocycles. The lowest BCUT2D eigenvalue weighted by Gasteiger charge is -2.43. The second-order valence-electron chi connectivity index (χ2n) is 7.22. The van der Waals surface area contributed by atoms with Gasteiger partial charge >= 0.3 is 0 Å². The third kappa shape index (κ3) is 2.43. The quantitative estimate of drug-likeness (QED) is 0.784. The van der Waals surface area contributed by atoms with Crippen molar-refractivity contribution in [3.05, 3.63) is 41.5 Å². The molecule has 2 atom stereocenters. The zero-order valence-corrected chi connectivity index (χ0v) is 14.3. The molecule has 1 amide bonds. The summed E-state index contributed by atoms with van der Waals surface area (Å²) in [6.07, 6.45) is 2.83. The maximum atomic E-state index is 12.9. The average molecular weight is 311 g/mol. The van der Waals surface area contributed by atoms with E-state index in [-0.39, 0.29) is 17.6 Å².